The lowest BCUT2D eigenvalue weighted by Crippen LogP contribution is -2.41. The van der Waals surface area contributed by atoms with Gasteiger partial charge in [0.05, 0.1) is 6.10 Å². The van der Waals surface area contributed by atoms with Crippen LogP contribution in [0.3, 0.4) is 0 Å². The van der Waals surface area contributed by atoms with Gasteiger partial charge in [-0.15, -0.1) is 0 Å². The summed E-state index contributed by atoms with van der Waals surface area (Å²) in [5.74, 6) is 1.04. The van der Waals surface area contributed by atoms with E-state index >= 15 is 0 Å². The molecule has 2 atom stereocenters. The number of aromatic nitrogens is 3. The first-order valence-electron chi connectivity index (χ1n) is 6.92. The minimum Gasteiger partial charge on any atom is -0.377 e. The Balaban J connectivity index is 2.68. The molecule has 0 aromatic carbocycles. The van der Waals surface area contributed by atoms with E-state index in [1.54, 1.807) is 6.33 Å². The third-order valence-corrected chi connectivity index (χ3v) is 3.14. The maximum atomic E-state index is 5.77. The Hall–Kier alpha value is -0.940. The first-order chi connectivity index (χ1) is 8.76. The topological polar surface area (TPSA) is 52.0 Å². The van der Waals surface area contributed by atoms with Gasteiger partial charge in [-0.05, 0) is 26.8 Å². The molecule has 1 heterocycles. The quantitative estimate of drug-likeness (QED) is 0.728. The molecule has 5 nitrogen and oxygen atoms in total. The Labute approximate surface area is 110 Å². The summed E-state index contributed by atoms with van der Waals surface area (Å²) >= 11 is 0. The number of aryl methyl sites for hydroxylation is 1. The van der Waals surface area contributed by atoms with E-state index in [4.69, 9.17) is 4.74 Å². The van der Waals surface area contributed by atoms with E-state index < -0.39 is 0 Å². The Morgan fingerprint density at radius 1 is 1.39 bits per heavy atom. The molecule has 1 aromatic rings. The fraction of sp³-hybridized carbons (Fsp3) is 0.846. The summed E-state index contributed by atoms with van der Waals surface area (Å²) in [6.07, 6.45) is 4.80. The summed E-state index contributed by atoms with van der Waals surface area (Å²) in [5.41, 5.74) is 0. The van der Waals surface area contributed by atoms with Gasteiger partial charge in [0.1, 0.15) is 12.2 Å². The van der Waals surface area contributed by atoms with Crippen LogP contribution in [0.5, 0.6) is 0 Å². The molecule has 1 aromatic heterocycles. The summed E-state index contributed by atoms with van der Waals surface area (Å²) in [5, 5.41) is 7.60. The van der Waals surface area contributed by atoms with Crippen molar-refractivity contribution in [3.05, 3.63) is 12.2 Å². The molecule has 0 spiro atoms. The van der Waals surface area contributed by atoms with Crippen LogP contribution in [0.15, 0.2) is 6.33 Å². The Bertz CT molecular complexity index is 327. The molecule has 1 rings (SSSR count). The maximum absolute atomic E-state index is 5.77. The number of nitrogens with one attached hydrogen (secondary N) is 1. The van der Waals surface area contributed by atoms with E-state index in [2.05, 4.69) is 29.2 Å². The van der Waals surface area contributed by atoms with Crippen LogP contribution < -0.4 is 5.32 Å². The van der Waals surface area contributed by atoms with Crippen LogP contribution in [0.25, 0.3) is 0 Å². The molecule has 0 radical (unpaired) electrons. The molecule has 0 fully saturated rings. The SMILES string of the molecule is CCCn1ncnc1CC(NC)C(CC)OCC. The first-order valence-corrected chi connectivity index (χ1v) is 6.92. The van der Waals surface area contributed by atoms with Crippen molar-refractivity contribution in [1.29, 1.82) is 0 Å². The van der Waals surface area contributed by atoms with Crippen molar-refractivity contribution in [2.24, 2.45) is 0 Å². The Morgan fingerprint density at radius 3 is 2.72 bits per heavy atom. The summed E-state index contributed by atoms with van der Waals surface area (Å²) in [7, 11) is 1.98. The highest BCUT2D eigenvalue weighted by molar-refractivity contribution is 4.92. The lowest BCUT2D eigenvalue weighted by atomic mass is 10.0. The molecular weight excluding hydrogens is 228 g/mol. The second-order valence-corrected chi connectivity index (χ2v) is 4.40. The molecule has 0 aliphatic rings. The molecule has 0 aliphatic heterocycles. The van der Waals surface area contributed by atoms with E-state index in [1.807, 2.05) is 18.7 Å². The van der Waals surface area contributed by atoms with Crippen LogP contribution in [0.1, 0.15) is 39.4 Å². The molecule has 2 unspecified atom stereocenters. The van der Waals surface area contributed by atoms with E-state index in [0.717, 1.165) is 38.2 Å². The van der Waals surface area contributed by atoms with Crippen molar-refractivity contribution in [1.82, 2.24) is 20.1 Å². The van der Waals surface area contributed by atoms with E-state index in [0.29, 0.717) is 0 Å². The number of rotatable bonds is 9. The lowest BCUT2D eigenvalue weighted by Gasteiger charge is -2.25. The van der Waals surface area contributed by atoms with Crippen molar-refractivity contribution in [3.63, 3.8) is 0 Å². The summed E-state index contributed by atoms with van der Waals surface area (Å²) < 4.78 is 7.76. The largest absolute Gasteiger partial charge is 0.377 e. The smallest absolute Gasteiger partial charge is 0.138 e. The Morgan fingerprint density at radius 2 is 2.17 bits per heavy atom. The highest BCUT2D eigenvalue weighted by Crippen LogP contribution is 2.10. The number of nitrogens with zero attached hydrogens (tertiary/aromatic N) is 3. The maximum Gasteiger partial charge on any atom is 0.138 e. The van der Waals surface area contributed by atoms with E-state index in [1.165, 1.54) is 0 Å². The van der Waals surface area contributed by atoms with Gasteiger partial charge in [0.25, 0.3) is 0 Å². The third-order valence-electron chi connectivity index (χ3n) is 3.14. The normalized spacial score (nSPS) is 14.7. The summed E-state index contributed by atoms with van der Waals surface area (Å²) in [6.45, 7) is 8.02. The van der Waals surface area contributed by atoms with Crippen LogP contribution in [0, 0.1) is 0 Å². The zero-order valence-electron chi connectivity index (χ0n) is 12.0. The second-order valence-electron chi connectivity index (χ2n) is 4.40. The molecule has 0 saturated heterocycles. The van der Waals surface area contributed by atoms with Gasteiger partial charge in [-0.1, -0.05) is 13.8 Å². The van der Waals surface area contributed by atoms with Gasteiger partial charge in [-0.2, -0.15) is 5.10 Å². The molecule has 0 bridgehead atoms. The van der Waals surface area contributed by atoms with Crippen LogP contribution >= 0.6 is 0 Å². The predicted molar refractivity (Wildman–Crippen MR) is 72.6 cm³/mol. The van der Waals surface area contributed by atoms with Gasteiger partial charge in [0.2, 0.25) is 0 Å². The minimum absolute atomic E-state index is 0.228. The van der Waals surface area contributed by atoms with Gasteiger partial charge >= 0.3 is 0 Å². The number of ether oxygens (including phenoxy) is 1. The highest BCUT2D eigenvalue weighted by Gasteiger charge is 2.21. The molecule has 18 heavy (non-hydrogen) atoms. The highest BCUT2D eigenvalue weighted by atomic mass is 16.5. The fourth-order valence-corrected chi connectivity index (χ4v) is 2.19. The average Bonchev–Trinajstić information content (AvgIpc) is 2.81. The monoisotopic (exact) mass is 254 g/mol. The van der Waals surface area contributed by atoms with Crippen molar-refractivity contribution >= 4 is 0 Å². The van der Waals surface area contributed by atoms with Gasteiger partial charge < -0.3 is 10.1 Å². The van der Waals surface area contributed by atoms with Crippen LogP contribution in [0.2, 0.25) is 0 Å². The van der Waals surface area contributed by atoms with Crippen LogP contribution in [-0.4, -0.2) is 40.6 Å². The van der Waals surface area contributed by atoms with E-state index in [9.17, 15) is 0 Å². The molecule has 104 valence electrons. The fourth-order valence-electron chi connectivity index (χ4n) is 2.19. The molecule has 5 heteroatoms. The first kappa shape index (κ1) is 15.1. The summed E-state index contributed by atoms with van der Waals surface area (Å²) in [4.78, 5) is 4.36. The molecule has 0 amide bonds. The molecule has 0 aliphatic carbocycles. The zero-order chi connectivity index (χ0) is 13.4. The zero-order valence-corrected chi connectivity index (χ0v) is 12.0. The number of likely N-dealkylation sites (N-methyl/N-ethyl adjacent to an activating group) is 1. The van der Waals surface area contributed by atoms with Crippen molar-refractivity contribution in [3.8, 4) is 0 Å². The second kappa shape index (κ2) is 8.21. The van der Waals surface area contributed by atoms with Gasteiger partial charge in [0, 0.05) is 25.6 Å². The minimum atomic E-state index is 0.228. The molecule has 1 N–H and O–H groups in total. The van der Waals surface area contributed by atoms with Crippen molar-refractivity contribution < 1.29 is 4.74 Å². The average molecular weight is 254 g/mol. The van der Waals surface area contributed by atoms with Crippen molar-refractivity contribution in [2.75, 3.05) is 13.7 Å². The third kappa shape index (κ3) is 4.07. The van der Waals surface area contributed by atoms with Crippen LogP contribution in [0.4, 0.5) is 0 Å². The number of hydrogen-bond acceptors (Lipinski definition) is 4. The van der Waals surface area contributed by atoms with Crippen LogP contribution in [-0.2, 0) is 17.7 Å². The molecular formula is C13H26N4O. The van der Waals surface area contributed by atoms with Gasteiger partial charge in [-0.25, -0.2) is 4.98 Å². The lowest BCUT2D eigenvalue weighted by molar-refractivity contribution is 0.0331. The van der Waals surface area contributed by atoms with Crippen molar-refractivity contribution in [2.45, 2.75) is 58.7 Å². The summed E-state index contributed by atoms with van der Waals surface area (Å²) in [6, 6.07) is 0.287. The standard InChI is InChI=1S/C13H26N4O/c1-5-8-17-13(15-10-16-17)9-11(14-4)12(6-2)18-7-3/h10-12,14H,5-9H2,1-4H3. The van der Waals surface area contributed by atoms with E-state index in [-0.39, 0.29) is 12.1 Å². The predicted octanol–water partition coefficient (Wildman–Crippen LogP) is 1.63. The molecule has 0 saturated carbocycles. The van der Waals surface area contributed by atoms with Gasteiger partial charge in [-0.3, -0.25) is 4.68 Å². The number of hydrogen-bond donors (Lipinski definition) is 1. The Kier molecular flexibility index (Phi) is 6.90. The van der Waals surface area contributed by atoms with Gasteiger partial charge in [0.15, 0.2) is 0 Å².